The number of benzene rings is 2. The van der Waals surface area contributed by atoms with Crippen molar-refractivity contribution in [1.29, 1.82) is 0 Å². The lowest BCUT2D eigenvalue weighted by atomic mass is 10.1. The van der Waals surface area contributed by atoms with Crippen LogP contribution in [0.1, 0.15) is 37.2 Å². The van der Waals surface area contributed by atoms with Crippen LogP contribution in [0.4, 0.5) is 0 Å². The molecule has 1 aliphatic carbocycles. The summed E-state index contributed by atoms with van der Waals surface area (Å²) in [7, 11) is 1.81. The highest BCUT2D eigenvalue weighted by Crippen LogP contribution is 2.37. The quantitative estimate of drug-likeness (QED) is 0.674. The van der Waals surface area contributed by atoms with Gasteiger partial charge in [-0.25, -0.2) is 4.98 Å². The summed E-state index contributed by atoms with van der Waals surface area (Å²) in [4.78, 5) is 19.9. The first kappa shape index (κ1) is 17.3. The molecular formula is C21H22ClN3O. The Kier molecular flexibility index (Phi) is 4.55. The third-order valence-corrected chi connectivity index (χ3v) is 5.61. The highest BCUT2D eigenvalue weighted by molar-refractivity contribution is 6.31. The Labute approximate surface area is 158 Å². The molecule has 0 amide bonds. The van der Waals surface area contributed by atoms with Crippen LogP contribution in [0.2, 0.25) is 5.02 Å². The van der Waals surface area contributed by atoms with Gasteiger partial charge in [-0.3, -0.25) is 14.3 Å². The third-order valence-electron chi connectivity index (χ3n) is 5.27. The second-order valence-corrected chi connectivity index (χ2v) is 7.42. The van der Waals surface area contributed by atoms with Gasteiger partial charge in [0.05, 0.1) is 17.4 Å². The first-order chi connectivity index (χ1) is 12.6. The summed E-state index contributed by atoms with van der Waals surface area (Å²) in [5.41, 5.74) is 1.88. The van der Waals surface area contributed by atoms with E-state index in [1.165, 1.54) is 12.8 Å². The van der Waals surface area contributed by atoms with E-state index in [2.05, 4.69) is 17.9 Å². The number of nitrogens with zero attached hydrogens (tertiary/aromatic N) is 3. The van der Waals surface area contributed by atoms with Gasteiger partial charge in [0.1, 0.15) is 5.82 Å². The summed E-state index contributed by atoms with van der Waals surface area (Å²) in [6.45, 7) is 2.81. The van der Waals surface area contributed by atoms with Crippen molar-refractivity contribution in [2.75, 3.05) is 0 Å². The summed E-state index contributed by atoms with van der Waals surface area (Å²) in [5, 5.41) is 1.45. The van der Waals surface area contributed by atoms with Crippen LogP contribution in [0.25, 0.3) is 10.9 Å². The van der Waals surface area contributed by atoms with Crippen molar-refractivity contribution < 1.29 is 0 Å². The van der Waals surface area contributed by atoms with Crippen LogP contribution >= 0.6 is 11.6 Å². The first-order valence-corrected chi connectivity index (χ1v) is 9.39. The minimum Gasteiger partial charge on any atom is -0.298 e. The second-order valence-electron chi connectivity index (χ2n) is 7.01. The highest BCUT2D eigenvalue weighted by Gasteiger charge is 2.34. The van der Waals surface area contributed by atoms with Gasteiger partial charge in [0.15, 0.2) is 0 Å². The lowest BCUT2D eigenvalue weighted by molar-refractivity contribution is 0.183. The predicted octanol–water partition coefficient (Wildman–Crippen LogP) is 4.31. The van der Waals surface area contributed by atoms with Gasteiger partial charge in [-0.05, 0) is 43.5 Å². The molecule has 26 heavy (non-hydrogen) atoms. The van der Waals surface area contributed by atoms with Gasteiger partial charge >= 0.3 is 0 Å². The topological polar surface area (TPSA) is 38.1 Å². The lowest BCUT2D eigenvalue weighted by Crippen LogP contribution is -2.33. The molecule has 134 valence electrons. The molecule has 0 aliphatic heterocycles. The van der Waals surface area contributed by atoms with E-state index in [4.69, 9.17) is 16.6 Å². The fraction of sp³-hybridized carbons (Fsp3) is 0.333. The molecule has 0 N–H and O–H groups in total. The number of para-hydroxylation sites is 1. The Hall–Kier alpha value is -2.17. The smallest absolute Gasteiger partial charge is 0.261 e. The number of hydrogen-bond acceptors (Lipinski definition) is 3. The molecule has 1 unspecified atom stereocenters. The maximum absolute atomic E-state index is 12.7. The van der Waals surface area contributed by atoms with Crippen molar-refractivity contribution in [2.45, 2.75) is 38.4 Å². The molecule has 4 nitrogen and oxygen atoms in total. The SMILES string of the molecule is CC(c1ccccc1Cl)N(Cc1nc2ccccc2c(=O)n1C)C1CC1. The number of hydrogen-bond donors (Lipinski definition) is 0. The van der Waals surface area contributed by atoms with Gasteiger partial charge in [-0.2, -0.15) is 0 Å². The minimum atomic E-state index is 0.00624. The van der Waals surface area contributed by atoms with Crippen molar-refractivity contribution in [1.82, 2.24) is 14.5 Å². The second kappa shape index (κ2) is 6.86. The fourth-order valence-corrected chi connectivity index (χ4v) is 3.84. The molecule has 2 aromatic carbocycles. The van der Waals surface area contributed by atoms with Crippen molar-refractivity contribution in [2.24, 2.45) is 7.05 Å². The Morgan fingerprint density at radius 2 is 1.88 bits per heavy atom. The van der Waals surface area contributed by atoms with E-state index in [9.17, 15) is 4.79 Å². The average molecular weight is 368 g/mol. The van der Waals surface area contributed by atoms with Gasteiger partial charge in [-0.1, -0.05) is 41.9 Å². The van der Waals surface area contributed by atoms with Crippen LogP contribution < -0.4 is 5.56 Å². The van der Waals surface area contributed by atoms with Crippen LogP contribution in [0.5, 0.6) is 0 Å². The molecule has 1 atom stereocenters. The van der Waals surface area contributed by atoms with Crippen molar-refractivity contribution in [3.05, 3.63) is 75.3 Å². The number of fused-ring (bicyclic) bond motifs is 1. The molecule has 4 rings (SSSR count). The Morgan fingerprint density at radius 3 is 2.62 bits per heavy atom. The molecule has 1 aliphatic rings. The van der Waals surface area contributed by atoms with E-state index in [0.717, 1.165) is 21.9 Å². The van der Waals surface area contributed by atoms with E-state index in [1.54, 1.807) is 4.57 Å². The number of rotatable bonds is 5. The maximum Gasteiger partial charge on any atom is 0.261 e. The number of halogens is 1. The monoisotopic (exact) mass is 367 g/mol. The molecular weight excluding hydrogens is 346 g/mol. The molecule has 0 radical (unpaired) electrons. The maximum atomic E-state index is 12.7. The predicted molar refractivity (Wildman–Crippen MR) is 105 cm³/mol. The van der Waals surface area contributed by atoms with E-state index in [1.807, 2.05) is 49.5 Å². The Balaban J connectivity index is 1.72. The molecule has 1 heterocycles. The van der Waals surface area contributed by atoms with E-state index < -0.39 is 0 Å². The standard InChI is InChI=1S/C21H22ClN3O/c1-14(16-7-3-5-9-18(16)22)25(15-11-12-15)13-20-23-19-10-6-4-8-17(19)21(26)24(20)2/h3-10,14-15H,11-13H2,1-2H3. The van der Waals surface area contributed by atoms with Crippen molar-refractivity contribution in [3.8, 4) is 0 Å². The van der Waals surface area contributed by atoms with Crippen molar-refractivity contribution in [3.63, 3.8) is 0 Å². The average Bonchev–Trinajstić information content (AvgIpc) is 3.48. The molecule has 3 aromatic rings. The van der Waals surface area contributed by atoms with Crippen LogP contribution in [-0.2, 0) is 13.6 Å². The summed E-state index contributed by atoms with van der Waals surface area (Å²) in [5.74, 6) is 0.791. The van der Waals surface area contributed by atoms with E-state index >= 15 is 0 Å². The fourth-order valence-electron chi connectivity index (χ4n) is 3.55. The molecule has 0 spiro atoms. The normalized spacial score (nSPS) is 15.5. The zero-order valence-electron chi connectivity index (χ0n) is 15.0. The van der Waals surface area contributed by atoms with Crippen LogP contribution in [0.15, 0.2) is 53.3 Å². The van der Waals surface area contributed by atoms with E-state index in [0.29, 0.717) is 18.0 Å². The molecule has 0 bridgehead atoms. The Bertz CT molecular complexity index is 1010. The largest absolute Gasteiger partial charge is 0.298 e. The van der Waals surface area contributed by atoms with Crippen molar-refractivity contribution >= 4 is 22.5 Å². The third kappa shape index (κ3) is 3.15. The Morgan fingerprint density at radius 1 is 1.19 bits per heavy atom. The van der Waals surface area contributed by atoms with Crippen LogP contribution in [-0.4, -0.2) is 20.5 Å². The first-order valence-electron chi connectivity index (χ1n) is 9.01. The summed E-state index contributed by atoms with van der Waals surface area (Å²) in [6, 6.07) is 16.2. The van der Waals surface area contributed by atoms with Crippen LogP contribution in [0, 0.1) is 0 Å². The molecule has 1 saturated carbocycles. The number of aromatic nitrogens is 2. The lowest BCUT2D eigenvalue weighted by Gasteiger charge is -2.30. The van der Waals surface area contributed by atoms with Gasteiger partial charge < -0.3 is 0 Å². The summed E-state index contributed by atoms with van der Waals surface area (Å²) in [6.07, 6.45) is 2.35. The molecule has 1 aromatic heterocycles. The summed E-state index contributed by atoms with van der Waals surface area (Å²) < 4.78 is 1.68. The van der Waals surface area contributed by atoms with Gasteiger partial charge in [0.25, 0.3) is 5.56 Å². The summed E-state index contributed by atoms with van der Waals surface area (Å²) >= 11 is 6.43. The molecule has 1 fully saturated rings. The highest BCUT2D eigenvalue weighted by atomic mass is 35.5. The zero-order valence-corrected chi connectivity index (χ0v) is 15.8. The van der Waals surface area contributed by atoms with Crippen LogP contribution in [0.3, 0.4) is 0 Å². The van der Waals surface area contributed by atoms with Gasteiger partial charge in [-0.15, -0.1) is 0 Å². The van der Waals surface area contributed by atoms with Gasteiger partial charge in [0.2, 0.25) is 0 Å². The van der Waals surface area contributed by atoms with E-state index in [-0.39, 0.29) is 11.6 Å². The minimum absolute atomic E-state index is 0.00624. The molecule has 0 saturated heterocycles. The molecule has 5 heteroatoms. The zero-order chi connectivity index (χ0) is 18.3. The van der Waals surface area contributed by atoms with Gasteiger partial charge in [0, 0.05) is 24.2 Å².